The van der Waals surface area contributed by atoms with Crippen LogP contribution < -0.4 is 10.2 Å². The quantitative estimate of drug-likeness (QED) is 0.837. The topological polar surface area (TPSA) is 35.5 Å². The molecule has 2 rings (SSSR count). The zero-order chi connectivity index (χ0) is 12.5. The van der Waals surface area contributed by atoms with Gasteiger partial charge < -0.3 is 15.3 Å². The minimum absolute atomic E-state index is 0.0736. The van der Waals surface area contributed by atoms with Gasteiger partial charge >= 0.3 is 0 Å². The molecule has 0 aliphatic carbocycles. The summed E-state index contributed by atoms with van der Waals surface area (Å²) >= 11 is 0. The van der Waals surface area contributed by atoms with Crippen molar-refractivity contribution in [2.75, 3.05) is 37.0 Å². The number of rotatable bonds is 4. The number of anilines is 2. The third kappa shape index (κ3) is 2.72. The first-order valence-corrected chi connectivity index (χ1v) is 6.21. The number of nitrogens with one attached hydrogen (secondary N) is 1. The Bertz CT molecular complexity index is 401. The van der Waals surface area contributed by atoms with Gasteiger partial charge in [0.15, 0.2) is 0 Å². The van der Waals surface area contributed by atoms with Gasteiger partial charge in [0.25, 0.3) is 0 Å². The van der Waals surface area contributed by atoms with Gasteiger partial charge in [-0.2, -0.15) is 0 Å². The van der Waals surface area contributed by atoms with Crippen molar-refractivity contribution in [3.8, 4) is 0 Å². The lowest BCUT2D eigenvalue weighted by atomic mass is 9.95. The van der Waals surface area contributed by atoms with Crippen molar-refractivity contribution in [2.24, 2.45) is 5.41 Å². The maximum absolute atomic E-state index is 9.21. The van der Waals surface area contributed by atoms with Crippen LogP contribution >= 0.6 is 0 Å². The number of likely N-dealkylation sites (N-methyl/N-ethyl adjacent to an activating group) is 1. The Hall–Kier alpha value is -1.22. The molecule has 94 valence electrons. The van der Waals surface area contributed by atoms with Crippen LogP contribution in [0.5, 0.6) is 0 Å². The van der Waals surface area contributed by atoms with E-state index in [2.05, 4.69) is 49.3 Å². The summed E-state index contributed by atoms with van der Waals surface area (Å²) in [6.07, 6.45) is 1.13. The fourth-order valence-corrected chi connectivity index (χ4v) is 2.07. The average Bonchev–Trinajstić information content (AvgIpc) is 2.68. The minimum atomic E-state index is -0.0736. The Balaban J connectivity index is 2.04. The zero-order valence-corrected chi connectivity index (χ0v) is 11.0. The molecule has 1 aliphatic heterocycles. The third-order valence-corrected chi connectivity index (χ3v) is 3.41. The van der Waals surface area contributed by atoms with Crippen LogP contribution in [0, 0.1) is 5.41 Å². The van der Waals surface area contributed by atoms with Crippen LogP contribution in [0.2, 0.25) is 0 Å². The molecule has 1 aromatic carbocycles. The standard InChI is InChI=1S/C14H22N2O/c1-14(2,10-17)9-15-12-4-5-13-11(8-12)6-7-16(13)3/h4-5,8,15,17H,6-7,9-10H2,1-3H3. The summed E-state index contributed by atoms with van der Waals surface area (Å²) in [6, 6.07) is 6.52. The molecule has 17 heavy (non-hydrogen) atoms. The van der Waals surface area contributed by atoms with E-state index in [0.29, 0.717) is 0 Å². The fourth-order valence-electron chi connectivity index (χ4n) is 2.07. The second-order valence-electron chi connectivity index (χ2n) is 5.69. The lowest BCUT2D eigenvalue weighted by Gasteiger charge is -2.23. The molecule has 1 aliphatic rings. The Kier molecular flexibility index (Phi) is 3.29. The number of aliphatic hydroxyl groups excluding tert-OH is 1. The molecule has 0 fully saturated rings. The highest BCUT2D eigenvalue weighted by Gasteiger charge is 2.18. The van der Waals surface area contributed by atoms with E-state index in [1.807, 2.05) is 0 Å². The molecule has 3 heteroatoms. The predicted octanol–water partition coefficient (Wildman–Crippen LogP) is 2.11. The first-order chi connectivity index (χ1) is 8.02. The summed E-state index contributed by atoms with van der Waals surface area (Å²) in [5.41, 5.74) is 3.84. The van der Waals surface area contributed by atoms with Gasteiger partial charge in [0, 0.05) is 43.5 Å². The molecule has 3 nitrogen and oxygen atoms in total. The fraction of sp³-hybridized carbons (Fsp3) is 0.571. The van der Waals surface area contributed by atoms with E-state index in [-0.39, 0.29) is 12.0 Å². The number of hydrogen-bond donors (Lipinski definition) is 2. The van der Waals surface area contributed by atoms with Crippen molar-refractivity contribution in [3.63, 3.8) is 0 Å². The minimum Gasteiger partial charge on any atom is -0.396 e. The lowest BCUT2D eigenvalue weighted by Crippen LogP contribution is -2.26. The summed E-state index contributed by atoms with van der Waals surface area (Å²) < 4.78 is 0. The average molecular weight is 234 g/mol. The van der Waals surface area contributed by atoms with E-state index < -0.39 is 0 Å². The second kappa shape index (κ2) is 4.57. The van der Waals surface area contributed by atoms with Gasteiger partial charge in [-0.15, -0.1) is 0 Å². The first-order valence-electron chi connectivity index (χ1n) is 6.21. The Morgan fingerprint density at radius 1 is 1.41 bits per heavy atom. The van der Waals surface area contributed by atoms with Gasteiger partial charge in [-0.05, 0) is 30.2 Å². The molecule has 0 unspecified atom stereocenters. The molecule has 0 radical (unpaired) electrons. The molecular weight excluding hydrogens is 212 g/mol. The monoisotopic (exact) mass is 234 g/mol. The van der Waals surface area contributed by atoms with Crippen molar-refractivity contribution in [2.45, 2.75) is 20.3 Å². The van der Waals surface area contributed by atoms with Crippen LogP contribution in [-0.2, 0) is 6.42 Å². The number of hydrogen-bond acceptors (Lipinski definition) is 3. The number of benzene rings is 1. The largest absolute Gasteiger partial charge is 0.396 e. The summed E-state index contributed by atoms with van der Waals surface area (Å²) in [7, 11) is 2.13. The van der Waals surface area contributed by atoms with Crippen LogP contribution in [0.4, 0.5) is 11.4 Å². The Labute approximate surface area is 103 Å². The molecule has 1 aromatic rings. The van der Waals surface area contributed by atoms with Crippen molar-refractivity contribution in [1.29, 1.82) is 0 Å². The van der Waals surface area contributed by atoms with Crippen LogP contribution in [-0.4, -0.2) is 31.9 Å². The van der Waals surface area contributed by atoms with Gasteiger partial charge in [-0.3, -0.25) is 0 Å². The van der Waals surface area contributed by atoms with E-state index in [4.69, 9.17) is 0 Å². The molecule has 0 aromatic heterocycles. The van der Waals surface area contributed by atoms with Gasteiger partial charge in [0.05, 0.1) is 0 Å². The molecule has 1 heterocycles. The number of fused-ring (bicyclic) bond motifs is 1. The Morgan fingerprint density at radius 3 is 2.88 bits per heavy atom. The highest BCUT2D eigenvalue weighted by Crippen LogP contribution is 2.29. The number of nitrogens with zero attached hydrogens (tertiary/aromatic N) is 1. The summed E-state index contributed by atoms with van der Waals surface area (Å²) in [5.74, 6) is 0. The van der Waals surface area contributed by atoms with Crippen LogP contribution in [0.1, 0.15) is 19.4 Å². The number of aliphatic hydroxyl groups is 1. The zero-order valence-electron chi connectivity index (χ0n) is 11.0. The first kappa shape index (κ1) is 12.2. The molecular formula is C14H22N2O. The van der Waals surface area contributed by atoms with E-state index in [0.717, 1.165) is 25.2 Å². The smallest absolute Gasteiger partial charge is 0.0498 e. The van der Waals surface area contributed by atoms with E-state index in [1.165, 1.54) is 11.3 Å². The molecule has 0 spiro atoms. The molecule has 0 atom stereocenters. The van der Waals surface area contributed by atoms with Gasteiger partial charge in [0.1, 0.15) is 0 Å². The summed E-state index contributed by atoms with van der Waals surface area (Å²) in [6.45, 7) is 6.22. The van der Waals surface area contributed by atoms with E-state index >= 15 is 0 Å². The van der Waals surface area contributed by atoms with Crippen molar-refractivity contribution < 1.29 is 5.11 Å². The van der Waals surface area contributed by atoms with Gasteiger partial charge in [0.2, 0.25) is 0 Å². The lowest BCUT2D eigenvalue weighted by molar-refractivity contribution is 0.171. The highest BCUT2D eigenvalue weighted by molar-refractivity contribution is 5.63. The van der Waals surface area contributed by atoms with Crippen molar-refractivity contribution in [1.82, 2.24) is 0 Å². The van der Waals surface area contributed by atoms with Crippen LogP contribution in [0.3, 0.4) is 0 Å². The predicted molar refractivity (Wildman–Crippen MR) is 72.8 cm³/mol. The maximum atomic E-state index is 9.21. The van der Waals surface area contributed by atoms with Crippen molar-refractivity contribution >= 4 is 11.4 Å². The van der Waals surface area contributed by atoms with E-state index in [9.17, 15) is 5.11 Å². The normalized spacial score (nSPS) is 14.9. The summed E-state index contributed by atoms with van der Waals surface area (Å²) in [5, 5.41) is 12.6. The van der Waals surface area contributed by atoms with Crippen LogP contribution in [0.15, 0.2) is 18.2 Å². The Morgan fingerprint density at radius 2 is 2.18 bits per heavy atom. The molecule has 2 N–H and O–H groups in total. The molecule has 0 saturated carbocycles. The SMILES string of the molecule is CN1CCc2cc(NCC(C)(C)CO)ccc21. The molecule has 0 saturated heterocycles. The van der Waals surface area contributed by atoms with Gasteiger partial charge in [-0.25, -0.2) is 0 Å². The second-order valence-corrected chi connectivity index (χ2v) is 5.69. The van der Waals surface area contributed by atoms with E-state index in [1.54, 1.807) is 0 Å². The highest BCUT2D eigenvalue weighted by atomic mass is 16.3. The summed E-state index contributed by atoms with van der Waals surface area (Å²) in [4.78, 5) is 2.29. The molecule has 0 bridgehead atoms. The third-order valence-electron chi connectivity index (χ3n) is 3.41. The van der Waals surface area contributed by atoms with Crippen molar-refractivity contribution in [3.05, 3.63) is 23.8 Å². The molecule has 0 amide bonds. The van der Waals surface area contributed by atoms with Crippen LogP contribution in [0.25, 0.3) is 0 Å². The maximum Gasteiger partial charge on any atom is 0.0498 e. The van der Waals surface area contributed by atoms with Gasteiger partial charge in [-0.1, -0.05) is 13.8 Å².